The Morgan fingerprint density at radius 3 is 1.10 bits per heavy atom. The molecular formula is C12H16O8. The minimum atomic E-state index is -1.11. The van der Waals surface area contributed by atoms with Crippen LogP contribution in [0.25, 0.3) is 0 Å². The molecule has 0 bridgehead atoms. The van der Waals surface area contributed by atoms with E-state index >= 15 is 0 Å². The highest BCUT2D eigenvalue weighted by molar-refractivity contribution is 5.82. The zero-order chi connectivity index (χ0) is 16.3. The zero-order valence-electron chi connectivity index (χ0n) is 11.0. The Bertz CT molecular complexity index is 402. The number of rotatable bonds is 6. The van der Waals surface area contributed by atoms with Crippen molar-refractivity contribution in [2.24, 2.45) is 0 Å². The molecule has 0 unspecified atom stereocenters. The predicted molar refractivity (Wildman–Crippen MR) is 67.3 cm³/mol. The van der Waals surface area contributed by atoms with Crippen LogP contribution in [0.4, 0.5) is 0 Å². The van der Waals surface area contributed by atoms with E-state index in [0.29, 0.717) is 11.1 Å². The second-order valence-electron chi connectivity index (χ2n) is 3.80. The molecular weight excluding hydrogens is 272 g/mol. The van der Waals surface area contributed by atoms with Crippen molar-refractivity contribution in [1.82, 2.24) is 0 Å². The van der Waals surface area contributed by atoms with Crippen LogP contribution < -0.4 is 0 Å². The molecule has 0 aromatic carbocycles. The Morgan fingerprint density at radius 1 is 0.700 bits per heavy atom. The second kappa shape index (κ2) is 10.3. The molecule has 8 heteroatoms. The van der Waals surface area contributed by atoms with Crippen LogP contribution in [0.3, 0.4) is 0 Å². The van der Waals surface area contributed by atoms with Crippen molar-refractivity contribution >= 4 is 23.9 Å². The van der Waals surface area contributed by atoms with Crippen molar-refractivity contribution < 1.29 is 39.6 Å². The molecule has 0 aromatic rings. The molecule has 4 N–H and O–H groups in total. The fourth-order valence-electron chi connectivity index (χ4n) is 1.00. The smallest absolute Gasteiger partial charge is 0.328 e. The molecule has 0 spiro atoms. The number of carboxylic acid groups (broad SMARTS) is 4. The van der Waals surface area contributed by atoms with Crippen LogP contribution in [0.2, 0.25) is 0 Å². The van der Waals surface area contributed by atoms with Crippen LogP contribution in [-0.2, 0) is 19.2 Å². The maximum absolute atomic E-state index is 9.96. The van der Waals surface area contributed by atoms with Gasteiger partial charge in [0.2, 0.25) is 0 Å². The standard InChI is InChI=1S/2C6H8O4/c2*1-4(2-5(7)8)3-6(9)10/h2*2H,3H2,1H3,(H,7,8)(H,9,10)/b4-2+;. The SMILES string of the molecule is C/C(=C\C(=O)O)CC(=O)O.CC(=CC(=O)O)CC(=O)O. The summed E-state index contributed by atoms with van der Waals surface area (Å²) >= 11 is 0. The fourth-order valence-corrected chi connectivity index (χ4v) is 1.00. The first-order chi connectivity index (χ1) is 9.04. The summed E-state index contributed by atoms with van der Waals surface area (Å²) in [6.45, 7) is 2.92. The molecule has 0 radical (unpaired) electrons. The maximum Gasteiger partial charge on any atom is 0.328 e. The van der Waals surface area contributed by atoms with E-state index in [1.807, 2.05) is 0 Å². The normalized spacial score (nSPS) is 11.1. The molecule has 0 fully saturated rings. The molecule has 0 aliphatic carbocycles. The Labute approximate surface area is 114 Å². The minimum absolute atomic E-state index is 0.216. The van der Waals surface area contributed by atoms with Gasteiger partial charge in [0.1, 0.15) is 0 Å². The van der Waals surface area contributed by atoms with E-state index < -0.39 is 23.9 Å². The molecule has 0 aromatic heterocycles. The molecule has 0 aliphatic rings. The van der Waals surface area contributed by atoms with E-state index in [9.17, 15) is 19.2 Å². The van der Waals surface area contributed by atoms with Crippen LogP contribution in [0.1, 0.15) is 26.7 Å². The van der Waals surface area contributed by atoms with Crippen LogP contribution in [0.15, 0.2) is 23.3 Å². The van der Waals surface area contributed by atoms with Gasteiger partial charge in [-0.15, -0.1) is 0 Å². The van der Waals surface area contributed by atoms with Crippen molar-refractivity contribution in [3.63, 3.8) is 0 Å². The average molecular weight is 288 g/mol. The highest BCUT2D eigenvalue weighted by Gasteiger charge is 2.00. The Hall–Kier alpha value is -2.64. The number of carboxylic acids is 4. The summed E-state index contributed by atoms with van der Waals surface area (Å²) in [7, 11) is 0. The lowest BCUT2D eigenvalue weighted by molar-refractivity contribution is -0.137. The van der Waals surface area contributed by atoms with Gasteiger partial charge in [0.15, 0.2) is 0 Å². The van der Waals surface area contributed by atoms with Crippen LogP contribution in [0.5, 0.6) is 0 Å². The highest BCUT2D eigenvalue weighted by atomic mass is 16.4. The molecule has 0 aliphatic heterocycles. The minimum Gasteiger partial charge on any atom is -0.481 e. The summed E-state index contributed by atoms with van der Waals surface area (Å²) in [5.41, 5.74) is 0.667. The van der Waals surface area contributed by atoms with Gasteiger partial charge in [0.05, 0.1) is 12.8 Å². The number of carbonyl (C=O) groups is 4. The van der Waals surface area contributed by atoms with E-state index in [4.69, 9.17) is 20.4 Å². The van der Waals surface area contributed by atoms with E-state index in [2.05, 4.69) is 0 Å². The van der Waals surface area contributed by atoms with Gasteiger partial charge in [-0.05, 0) is 13.8 Å². The second-order valence-corrected chi connectivity index (χ2v) is 3.80. The number of hydrogen-bond donors (Lipinski definition) is 4. The summed E-state index contributed by atoms with van der Waals surface area (Å²) < 4.78 is 0. The maximum atomic E-state index is 9.96. The number of hydrogen-bond acceptors (Lipinski definition) is 4. The molecule has 8 nitrogen and oxygen atoms in total. The molecule has 0 saturated heterocycles. The summed E-state index contributed by atoms with van der Waals surface area (Å²) in [4.78, 5) is 39.8. The lowest BCUT2D eigenvalue weighted by Crippen LogP contribution is -1.97. The number of aliphatic carboxylic acids is 4. The Kier molecular flexibility index (Phi) is 10.1. The van der Waals surface area contributed by atoms with Gasteiger partial charge in [0, 0.05) is 12.2 Å². The summed E-state index contributed by atoms with van der Waals surface area (Å²) in [5.74, 6) is -4.26. The van der Waals surface area contributed by atoms with Gasteiger partial charge >= 0.3 is 23.9 Å². The first-order valence-electron chi connectivity index (χ1n) is 5.28. The predicted octanol–water partition coefficient (Wildman–Crippen LogP) is 0.984. The fraction of sp³-hybridized carbons (Fsp3) is 0.333. The van der Waals surface area contributed by atoms with Gasteiger partial charge < -0.3 is 20.4 Å². The van der Waals surface area contributed by atoms with Gasteiger partial charge in [-0.3, -0.25) is 9.59 Å². The van der Waals surface area contributed by atoms with Crippen molar-refractivity contribution in [3.05, 3.63) is 23.3 Å². The average Bonchev–Trinajstić information content (AvgIpc) is 2.11. The molecule has 0 amide bonds. The van der Waals surface area contributed by atoms with Crippen molar-refractivity contribution in [3.8, 4) is 0 Å². The summed E-state index contributed by atoms with van der Waals surface area (Å²) in [5, 5.41) is 32.6. The lowest BCUT2D eigenvalue weighted by Gasteiger charge is -1.91. The molecule has 0 saturated carbocycles. The van der Waals surface area contributed by atoms with E-state index in [1.165, 1.54) is 13.8 Å². The largest absolute Gasteiger partial charge is 0.481 e. The summed E-state index contributed by atoms with van der Waals surface area (Å²) in [6, 6.07) is 0. The van der Waals surface area contributed by atoms with E-state index in [1.54, 1.807) is 0 Å². The Balaban J connectivity index is 0. The zero-order valence-corrected chi connectivity index (χ0v) is 11.0. The third-order valence-corrected chi connectivity index (χ3v) is 1.60. The molecule has 0 atom stereocenters. The third kappa shape index (κ3) is 17.7. The molecule has 112 valence electrons. The first kappa shape index (κ1) is 19.7. The quantitative estimate of drug-likeness (QED) is 0.528. The third-order valence-electron chi connectivity index (χ3n) is 1.60. The summed E-state index contributed by atoms with van der Waals surface area (Å²) in [6.07, 6.45) is 1.33. The molecule has 0 heterocycles. The van der Waals surface area contributed by atoms with Crippen LogP contribution in [0, 0.1) is 0 Å². The topological polar surface area (TPSA) is 149 Å². The van der Waals surface area contributed by atoms with Crippen molar-refractivity contribution in [1.29, 1.82) is 0 Å². The molecule has 0 rings (SSSR count). The van der Waals surface area contributed by atoms with Crippen LogP contribution in [-0.4, -0.2) is 44.3 Å². The first-order valence-corrected chi connectivity index (χ1v) is 5.28. The van der Waals surface area contributed by atoms with Crippen molar-refractivity contribution in [2.75, 3.05) is 0 Å². The van der Waals surface area contributed by atoms with Crippen LogP contribution >= 0.6 is 0 Å². The van der Waals surface area contributed by atoms with E-state index in [0.717, 1.165) is 12.2 Å². The van der Waals surface area contributed by atoms with Gasteiger partial charge in [0.25, 0.3) is 0 Å². The van der Waals surface area contributed by atoms with Crippen molar-refractivity contribution in [2.45, 2.75) is 26.7 Å². The Morgan fingerprint density at radius 2 is 0.950 bits per heavy atom. The van der Waals surface area contributed by atoms with Gasteiger partial charge in [-0.2, -0.15) is 0 Å². The molecule has 20 heavy (non-hydrogen) atoms. The van der Waals surface area contributed by atoms with Gasteiger partial charge in [-0.1, -0.05) is 11.1 Å². The van der Waals surface area contributed by atoms with E-state index in [-0.39, 0.29) is 12.8 Å². The lowest BCUT2D eigenvalue weighted by atomic mass is 10.2. The highest BCUT2D eigenvalue weighted by Crippen LogP contribution is 1.98. The monoisotopic (exact) mass is 288 g/mol. The van der Waals surface area contributed by atoms with Gasteiger partial charge in [-0.25, -0.2) is 9.59 Å².